The number of hydrogen-bond acceptors (Lipinski definition) is 6. The number of hydrogen-bond donors (Lipinski definition) is 4. The maximum atomic E-state index is 14.3. The summed E-state index contributed by atoms with van der Waals surface area (Å²) in [5.41, 5.74) is 10.7. The van der Waals surface area contributed by atoms with Gasteiger partial charge in [0.15, 0.2) is 5.82 Å². The van der Waals surface area contributed by atoms with Crippen LogP contribution in [0.25, 0.3) is 22.3 Å². The van der Waals surface area contributed by atoms with Crippen LogP contribution in [0.1, 0.15) is 46.1 Å². The molecule has 208 valence electrons. The lowest BCUT2D eigenvalue weighted by Gasteiger charge is -2.31. The van der Waals surface area contributed by atoms with Gasteiger partial charge in [-0.05, 0) is 79.2 Å². The lowest BCUT2D eigenvalue weighted by Crippen LogP contribution is -2.39. The molecule has 3 aromatic carbocycles. The zero-order chi connectivity index (χ0) is 28.5. The highest BCUT2D eigenvalue weighted by Crippen LogP contribution is 2.32. The number of para-hydroxylation sites is 1. The zero-order valence-electron chi connectivity index (χ0n) is 22.6. The van der Waals surface area contributed by atoms with Gasteiger partial charge in [0.2, 0.25) is 0 Å². The van der Waals surface area contributed by atoms with E-state index in [0.29, 0.717) is 22.6 Å². The van der Waals surface area contributed by atoms with Crippen LogP contribution < -0.4 is 16.0 Å². The second-order valence-corrected chi connectivity index (χ2v) is 10.6. The molecule has 1 saturated heterocycles. The molecule has 0 saturated carbocycles. The highest BCUT2D eigenvalue weighted by molar-refractivity contribution is 5.96. The molecule has 0 aliphatic carbocycles. The lowest BCUT2D eigenvalue weighted by atomic mass is 10.0. The van der Waals surface area contributed by atoms with Crippen molar-refractivity contribution in [3.63, 3.8) is 0 Å². The summed E-state index contributed by atoms with van der Waals surface area (Å²) < 4.78 is 14.3. The molecule has 3 heterocycles. The quantitative estimate of drug-likeness (QED) is 0.230. The van der Waals surface area contributed by atoms with Crippen molar-refractivity contribution in [2.75, 3.05) is 18.0 Å². The maximum Gasteiger partial charge on any atom is 0.252 e. The Hall–Kier alpha value is -4.76. The number of benzene rings is 3. The fourth-order valence-electron chi connectivity index (χ4n) is 5.38. The number of anilines is 1. The van der Waals surface area contributed by atoms with E-state index in [1.54, 1.807) is 24.5 Å². The number of halogens is 1. The van der Waals surface area contributed by atoms with Crippen LogP contribution in [0.2, 0.25) is 0 Å². The molecule has 1 fully saturated rings. The molecule has 0 bridgehead atoms. The molecule has 5 N–H and O–H groups in total. The fraction of sp³-hybridized carbons (Fsp3) is 0.219. The standard InChI is InChI=1S/C32H31FN6O2/c1-19-12-21(31-35-17-25(18-36-31)39-10-8-24(34)9-11-39)14-22(13-19)32(41)38-30(26-16-23(33)6-7-29(26)40)28-15-20-4-2-3-5-27(20)37-28/h2-7,12-18,24,30,37,40H,8-11,34H2,1H3,(H,38,41)/t30-/m1/s1. The van der Waals surface area contributed by atoms with E-state index >= 15 is 0 Å². The number of fused-ring (bicyclic) bond motifs is 1. The Morgan fingerprint density at radius 3 is 2.59 bits per heavy atom. The van der Waals surface area contributed by atoms with E-state index in [1.165, 1.54) is 18.2 Å². The normalized spacial score (nSPS) is 14.8. The SMILES string of the molecule is Cc1cc(C(=O)N[C@@H](c2cc3ccccc3[nH]2)c2cc(F)ccc2O)cc(-c2ncc(N3CCC(N)CC3)cn2)c1. The number of amides is 1. The highest BCUT2D eigenvalue weighted by Gasteiger charge is 2.24. The van der Waals surface area contributed by atoms with Gasteiger partial charge in [0.1, 0.15) is 11.6 Å². The van der Waals surface area contributed by atoms with Crippen molar-refractivity contribution in [2.45, 2.75) is 31.8 Å². The van der Waals surface area contributed by atoms with Gasteiger partial charge in [-0.15, -0.1) is 0 Å². The van der Waals surface area contributed by atoms with Crippen molar-refractivity contribution in [1.29, 1.82) is 0 Å². The minimum absolute atomic E-state index is 0.121. The fourth-order valence-corrected chi connectivity index (χ4v) is 5.38. The first-order valence-corrected chi connectivity index (χ1v) is 13.7. The summed E-state index contributed by atoms with van der Waals surface area (Å²) in [6.45, 7) is 3.65. The Morgan fingerprint density at radius 2 is 1.83 bits per heavy atom. The van der Waals surface area contributed by atoms with E-state index in [2.05, 4.69) is 25.2 Å². The van der Waals surface area contributed by atoms with Gasteiger partial charge in [0, 0.05) is 47.0 Å². The number of rotatable bonds is 6. The number of carbonyl (C=O) groups excluding carboxylic acids is 1. The first-order chi connectivity index (χ1) is 19.8. The molecule has 5 aromatic rings. The molecule has 0 radical (unpaired) electrons. The van der Waals surface area contributed by atoms with Crippen LogP contribution in [-0.4, -0.2) is 45.1 Å². The first-order valence-electron chi connectivity index (χ1n) is 13.7. The third-order valence-corrected chi connectivity index (χ3v) is 7.58. The van der Waals surface area contributed by atoms with Gasteiger partial charge in [-0.1, -0.05) is 18.2 Å². The van der Waals surface area contributed by atoms with Gasteiger partial charge in [-0.3, -0.25) is 4.79 Å². The second kappa shape index (κ2) is 11.0. The van der Waals surface area contributed by atoms with Crippen LogP contribution in [0, 0.1) is 12.7 Å². The van der Waals surface area contributed by atoms with Crippen LogP contribution in [0.15, 0.2) is 79.1 Å². The molecule has 0 spiro atoms. The number of aromatic amines is 1. The Bertz CT molecular complexity index is 1680. The van der Waals surface area contributed by atoms with Gasteiger partial charge in [-0.2, -0.15) is 0 Å². The number of nitrogens with zero attached hydrogens (tertiary/aromatic N) is 3. The summed E-state index contributed by atoms with van der Waals surface area (Å²) in [5, 5.41) is 14.6. The lowest BCUT2D eigenvalue weighted by molar-refractivity contribution is 0.0942. The Labute approximate surface area is 237 Å². The molecule has 8 nitrogen and oxygen atoms in total. The summed E-state index contributed by atoms with van der Waals surface area (Å²) in [7, 11) is 0. The summed E-state index contributed by atoms with van der Waals surface area (Å²) in [4.78, 5) is 28.4. The van der Waals surface area contributed by atoms with Crippen LogP contribution in [0.4, 0.5) is 10.1 Å². The monoisotopic (exact) mass is 550 g/mol. The van der Waals surface area contributed by atoms with Crippen molar-refractivity contribution in [3.05, 3.63) is 107 Å². The van der Waals surface area contributed by atoms with Gasteiger partial charge in [0.25, 0.3) is 5.91 Å². The van der Waals surface area contributed by atoms with E-state index in [4.69, 9.17) is 5.73 Å². The first kappa shape index (κ1) is 26.5. The molecule has 1 aliphatic heterocycles. The average molecular weight is 551 g/mol. The molecule has 6 rings (SSSR count). The topological polar surface area (TPSA) is 120 Å². The molecular formula is C32H31FN6O2. The van der Waals surface area contributed by atoms with E-state index in [-0.39, 0.29) is 23.3 Å². The van der Waals surface area contributed by atoms with Crippen molar-refractivity contribution in [1.82, 2.24) is 20.3 Å². The van der Waals surface area contributed by atoms with Crippen LogP contribution in [0.5, 0.6) is 5.75 Å². The summed E-state index contributed by atoms with van der Waals surface area (Å²) >= 11 is 0. The van der Waals surface area contributed by atoms with E-state index in [1.807, 2.05) is 43.3 Å². The van der Waals surface area contributed by atoms with Crippen molar-refractivity contribution in [2.24, 2.45) is 5.73 Å². The minimum Gasteiger partial charge on any atom is -0.508 e. The maximum absolute atomic E-state index is 14.3. The number of aryl methyl sites for hydroxylation is 1. The van der Waals surface area contributed by atoms with Crippen molar-refractivity contribution < 1.29 is 14.3 Å². The number of aromatic nitrogens is 3. The number of aromatic hydroxyl groups is 1. The van der Waals surface area contributed by atoms with E-state index in [9.17, 15) is 14.3 Å². The van der Waals surface area contributed by atoms with Crippen molar-refractivity contribution in [3.8, 4) is 17.1 Å². The van der Waals surface area contributed by atoms with Crippen LogP contribution >= 0.6 is 0 Å². The second-order valence-electron chi connectivity index (χ2n) is 10.6. The van der Waals surface area contributed by atoms with Crippen molar-refractivity contribution >= 4 is 22.5 Å². The largest absolute Gasteiger partial charge is 0.508 e. The summed E-state index contributed by atoms with van der Waals surface area (Å²) in [6, 6.07) is 18.1. The van der Waals surface area contributed by atoms with Crippen LogP contribution in [0.3, 0.4) is 0 Å². The molecule has 41 heavy (non-hydrogen) atoms. The third kappa shape index (κ3) is 5.62. The van der Waals surface area contributed by atoms with Gasteiger partial charge in [-0.25, -0.2) is 14.4 Å². The number of phenolic OH excluding ortho intramolecular Hbond substituents is 1. The third-order valence-electron chi connectivity index (χ3n) is 7.58. The number of nitrogens with one attached hydrogen (secondary N) is 2. The zero-order valence-corrected chi connectivity index (χ0v) is 22.6. The number of nitrogens with two attached hydrogens (primary N) is 1. The number of H-pyrrole nitrogens is 1. The number of piperidine rings is 1. The van der Waals surface area contributed by atoms with Gasteiger partial charge >= 0.3 is 0 Å². The molecule has 2 aromatic heterocycles. The predicted octanol–water partition coefficient (Wildman–Crippen LogP) is 5.22. The Kier molecular flexibility index (Phi) is 7.11. The van der Waals surface area contributed by atoms with Gasteiger partial charge in [0.05, 0.1) is 24.1 Å². The smallest absolute Gasteiger partial charge is 0.252 e. The summed E-state index contributed by atoms with van der Waals surface area (Å²) in [6.07, 6.45) is 5.48. The molecule has 1 atom stereocenters. The predicted molar refractivity (Wildman–Crippen MR) is 157 cm³/mol. The minimum atomic E-state index is -0.831. The molecule has 1 amide bonds. The van der Waals surface area contributed by atoms with E-state index < -0.39 is 11.9 Å². The number of carbonyl (C=O) groups is 1. The molecule has 9 heteroatoms. The van der Waals surface area contributed by atoms with E-state index in [0.717, 1.165) is 48.1 Å². The highest BCUT2D eigenvalue weighted by atomic mass is 19.1. The van der Waals surface area contributed by atoms with Crippen LogP contribution in [-0.2, 0) is 0 Å². The Balaban J connectivity index is 1.30. The molecule has 0 unspecified atom stereocenters. The summed E-state index contributed by atoms with van der Waals surface area (Å²) in [5.74, 6) is -0.512. The molecular weight excluding hydrogens is 519 g/mol. The van der Waals surface area contributed by atoms with Gasteiger partial charge < -0.3 is 26.0 Å². The molecule has 1 aliphatic rings. The Morgan fingerprint density at radius 1 is 1.07 bits per heavy atom. The number of phenols is 1. The average Bonchev–Trinajstić information content (AvgIpc) is 3.41.